The summed E-state index contributed by atoms with van der Waals surface area (Å²) in [6, 6.07) is 6.92. The topological polar surface area (TPSA) is 71.5 Å². The first-order chi connectivity index (χ1) is 13.6. The van der Waals surface area contributed by atoms with Gasteiger partial charge in [0.15, 0.2) is 4.24 Å². The van der Waals surface area contributed by atoms with Gasteiger partial charge in [-0.15, -0.1) is 0 Å². The number of hydrogen-bond donors (Lipinski definition) is 0. The third-order valence-electron chi connectivity index (χ3n) is 3.83. The van der Waals surface area contributed by atoms with Gasteiger partial charge in [0, 0.05) is 24.5 Å². The van der Waals surface area contributed by atoms with E-state index >= 15 is 0 Å². The Morgan fingerprint density at radius 2 is 1.43 bits per heavy atom. The van der Waals surface area contributed by atoms with Gasteiger partial charge in [-0.2, -0.15) is 26.3 Å². The zero-order valence-corrected chi connectivity index (χ0v) is 16.6. The van der Waals surface area contributed by atoms with Crippen LogP contribution in [0.2, 0.25) is 0 Å². The van der Waals surface area contributed by atoms with E-state index in [1.807, 2.05) is 0 Å². The third kappa shape index (κ3) is 4.46. The lowest BCUT2D eigenvalue weighted by Gasteiger charge is -2.23. The van der Waals surface area contributed by atoms with Crippen LogP contribution in [0.15, 0.2) is 65.1 Å². The van der Waals surface area contributed by atoms with Gasteiger partial charge in [-0.1, -0.05) is 36.4 Å². The van der Waals surface area contributed by atoms with E-state index in [0.29, 0.717) is 17.2 Å². The fourth-order valence-corrected chi connectivity index (χ4v) is 5.07. The third-order valence-corrected chi connectivity index (χ3v) is 7.70. The van der Waals surface area contributed by atoms with Crippen molar-refractivity contribution < 1.29 is 43.2 Å². The minimum Gasteiger partial charge on any atom is -0.351 e. The van der Waals surface area contributed by atoms with Crippen LogP contribution in [0.4, 0.5) is 32.0 Å². The fraction of sp³-hybridized carbons (Fsp3) is 0.176. The van der Waals surface area contributed by atoms with Gasteiger partial charge < -0.3 is 4.90 Å². The number of allylic oxidation sites excluding steroid dienone is 6. The first-order valence-electron chi connectivity index (χ1n) is 7.82. The summed E-state index contributed by atoms with van der Waals surface area (Å²) in [5, 5.41) is 0. The molecular weight excluding hydrogens is 460 g/mol. The van der Waals surface area contributed by atoms with Crippen LogP contribution in [0, 0.1) is 0 Å². The molecule has 13 heteroatoms. The molecule has 0 N–H and O–H groups in total. The normalized spacial score (nSPS) is 16.8. The van der Waals surface area contributed by atoms with Crippen molar-refractivity contribution in [3.05, 3.63) is 70.6 Å². The van der Waals surface area contributed by atoms with Crippen LogP contribution in [0.5, 0.6) is 0 Å². The maximum absolute atomic E-state index is 12.7. The number of nitrogens with zero attached hydrogens (tertiary/aromatic N) is 1. The summed E-state index contributed by atoms with van der Waals surface area (Å²) >= 11 is 0. The molecule has 0 atom stereocenters. The Morgan fingerprint density at radius 1 is 0.900 bits per heavy atom. The predicted octanol–water partition coefficient (Wildman–Crippen LogP) is 4.30. The first kappa shape index (κ1) is 23.7. The number of halogens is 6. The standard InChI is InChI=1S/C17H13F6NO4S2/c1-24-11-10-12(13-7-3-4-8-14(13)24)6-2-5-9-15(29(25,26)16(18,19)20)30(27,28)17(21,22)23/h2-11H,1H3. The molecule has 0 aliphatic carbocycles. The molecule has 0 saturated heterocycles. The quantitative estimate of drug-likeness (QED) is 0.482. The number of para-hydroxylation sites is 1. The molecule has 30 heavy (non-hydrogen) atoms. The Labute approximate surface area is 168 Å². The molecule has 0 fully saturated rings. The molecule has 5 nitrogen and oxygen atoms in total. The summed E-state index contributed by atoms with van der Waals surface area (Å²) in [4.78, 5) is 1.76. The molecule has 0 aromatic heterocycles. The summed E-state index contributed by atoms with van der Waals surface area (Å²) < 4.78 is 119. The van der Waals surface area contributed by atoms with Crippen LogP contribution in [0.1, 0.15) is 5.56 Å². The van der Waals surface area contributed by atoms with Crippen molar-refractivity contribution >= 4 is 30.9 Å². The van der Waals surface area contributed by atoms with Crippen LogP contribution in [0.3, 0.4) is 0 Å². The van der Waals surface area contributed by atoms with Crippen LogP contribution in [-0.4, -0.2) is 34.9 Å². The lowest BCUT2D eigenvalue weighted by Crippen LogP contribution is -2.34. The van der Waals surface area contributed by atoms with Gasteiger partial charge in [-0.25, -0.2) is 16.8 Å². The fourth-order valence-electron chi connectivity index (χ4n) is 2.38. The SMILES string of the molecule is CN1C=CC(=CC=CC=C(S(=O)(=O)C(F)(F)F)S(=O)(=O)C(F)(F)F)c2ccccc21. The van der Waals surface area contributed by atoms with Gasteiger partial charge in [0.05, 0.1) is 0 Å². The smallest absolute Gasteiger partial charge is 0.351 e. The van der Waals surface area contributed by atoms with Crippen molar-refractivity contribution in [3.63, 3.8) is 0 Å². The second kappa shape index (κ2) is 7.95. The highest BCUT2D eigenvalue weighted by Crippen LogP contribution is 2.39. The van der Waals surface area contributed by atoms with Crippen molar-refractivity contribution in [1.29, 1.82) is 0 Å². The van der Waals surface area contributed by atoms with Gasteiger partial charge in [0.1, 0.15) is 0 Å². The Morgan fingerprint density at radius 3 is 1.97 bits per heavy atom. The van der Waals surface area contributed by atoms with E-state index in [2.05, 4.69) is 0 Å². The second-order valence-corrected chi connectivity index (χ2v) is 9.91. The molecule has 0 radical (unpaired) electrons. The molecule has 1 aliphatic rings. The van der Waals surface area contributed by atoms with Crippen LogP contribution in [-0.2, 0) is 19.7 Å². The largest absolute Gasteiger partial charge is 0.502 e. The molecule has 0 spiro atoms. The highest BCUT2D eigenvalue weighted by molar-refractivity contribution is 8.15. The monoisotopic (exact) mass is 473 g/mol. The van der Waals surface area contributed by atoms with E-state index in [4.69, 9.17) is 0 Å². The molecule has 0 saturated carbocycles. The molecule has 0 bridgehead atoms. The first-order valence-corrected chi connectivity index (χ1v) is 10.8. The van der Waals surface area contributed by atoms with Crippen LogP contribution < -0.4 is 4.90 Å². The van der Waals surface area contributed by atoms with Crippen molar-refractivity contribution in [2.45, 2.75) is 11.0 Å². The molecule has 1 heterocycles. The summed E-state index contributed by atoms with van der Waals surface area (Å²) in [6.45, 7) is 0. The number of rotatable bonds is 4. The van der Waals surface area contributed by atoms with Crippen molar-refractivity contribution in [2.75, 3.05) is 11.9 Å². The highest BCUT2D eigenvalue weighted by Gasteiger charge is 2.59. The van der Waals surface area contributed by atoms with Crippen molar-refractivity contribution in [1.82, 2.24) is 0 Å². The lowest BCUT2D eigenvalue weighted by atomic mass is 10.00. The summed E-state index contributed by atoms with van der Waals surface area (Å²) in [6.07, 6.45) is 5.68. The number of hydrogen-bond acceptors (Lipinski definition) is 5. The molecule has 0 amide bonds. The molecule has 2 rings (SSSR count). The average molecular weight is 473 g/mol. The van der Waals surface area contributed by atoms with Gasteiger partial charge in [0.2, 0.25) is 0 Å². The number of alkyl halides is 6. The van der Waals surface area contributed by atoms with E-state index in [9.17, 15) is 43.2 Å². The summed E-state index contributed by atoms with van der Waals surface area (Å²) in [5.74, 6) is 0. The van der Waals surface area contributed by atoms with E-state index in [-0.39, 0.29) is 6.08 Å². The van der Waals surface area contributed by atoms with E-state index in [1.165, 1.54) is 6.08 Å². The zero-order chi connectivity index (χ0) is 23.0. The maximum atomic E-state index is 12.7. The van der Waals surface area contributed by atoms with Crippen LogP contribution in [0.25, 0.3) is 5.57 Å². The molecule has 1 aliphatic heterocycles. The minimum absolute atomic E-state index is 0.243. The zero-order valence-electron chi connectivity index (χ0n) is 14.9. The maximum Gasteiger partial charge on any atom is 0.502 e. The summed E-state index contributed by atoms with van der Waals surface area (Å²) in [5.41, 5.74) is -10.5. The van der Waals surface area contributed by atoms with Gasteiger partial charge in [-0.05, 0) is 23.8 Å². The molecule has 0 unspecified atom stereocenters. The molecule has 1 aromatic carbocycles. The Balaban J connectivity index is 2.53. The van der Waals surface area contributed by atoms with E-state index in [1.54, 1.807) is 48.5 Å². The van der Waals surface area contributed by atoms with E-state index < -0.39 is 34.9 Å². The average Bonchev–Trinajstić information content (AvgIpc) is 2.61. The van der Waals surface area contributed by atoms with E-state index in [0.717, 1.165) is 11.8 Å². The number of fused-ring (bicyclic) bond motifs is 1. The van der Waals surface area contributed by atoms with Gasteiger partial charge in [-0.3, -0.25) is 0 Å². The number of anilines is 1. The highest BCUT2D eigenvalue weighted by atomic mass is 32.3. The second-order valence-electron chi connectivity index (χ2n) is 5.83. The minimum atomic E-state index is -6.78. The lowest BCUT2D eigenvalue weighted by molar-refractivity contribution is -0.0444. The molecular formula is C17H13F6NO4S2. The van der Waals surface area contributed by atoms with Crippen molar-refractivity contribution in [3.8, 4) is 0 Å². The Bertz CT molecular complexity index is 1110. The van der Waals surface area contributed by atoms with Gasteiger partial charge in [0.25, 0.3) is 19.7 Å². The van der Waals surface area contributed by atoms with Crippen LogP contribution >= 0.6 is 0 Å². The van der Waals surface area contributed by atoms with Crippen molar-refractivity contribution in [2.24, 2.45) is 0 Å². The Kier molecular flexibility index (Phi) is 6.29. The molecule has 1 aromatic rings. The Hall–Kier alpha value is -2.54. The molecule has 164 valence electrons. The number of sulfone groups is 2. The number of benzene rings is 1. The van der Waals surface area contributed by atoms with Gasteiger partial charge >= 0.3 is 11.0 Å². The summed E-state index contributed by atoms with van der Waals surface area (Å²) in [7, 11) is -11.8. The predicted molar refractivity (Wildman–Crippen MR) is 99.1 cm³/mol.